The summed E-state index contributed by atoms with van der Waals surface area (Å²) >= 11 is 0. The van der Waals surface area contributed by atoms with Crippen molar-refractivity contribution < 1.29 is 14.3 Å². The van der Waals surface area contributed by atoms with E-state index in [1.807, 2.05) is 53.7 Å². The molecule has 1 aromatic carbocycles. The summed E-state index contributed by atoms with van der Waals surface area (Å²) in [6.45, 7) is 13.0. The summed E-state index contributed by atoms with van der Waals surface area (Å²) < 4.78 is 5.29. The number of carbonyl (C=O) groups is 2. The van der Waals surface area contributed by atoms with Crippen LogP contribution in [0.5, 0.6) is 0 Å². The first-order valence-electron chi connectivity index (χ1n) is 7.12. The van der Waals surface area contributed by atoms with Crippen LogP contribution in [0.1, 0.15) is 54.7 Å². The van der Waals surface area contributed by atoms with E-state index in [4.69, 9.17) is 4.74 Å². The largest absolute Gasteiger partial charge is 0.449 e. The van der Waals surface area contributed by atoms with Gasteiger partial charge in [-0.15, -0.1) is 0 Å². The molecule has 0 radical (unpaired) electrons. The summed E-state index contributed by atoms with van der Waals surface area (Å²) in [6, 6.07) is 3.87. The van der Waals surface area contributed by atoms with Gasteiger partial charge in [-0.3, -0.25) is 4.79 Å². The zero-order chi connectivity index (χ0) is 16.4. The van der Waals surface area contributed by atoms with Crippen molar-refractivity contribution in [1.82, 2.24) is 5.32 Å². The van der Waals surface area contributed by atoms with E-state index in [0.717, 1.165) is 16.7 Å². The molecule has 1 N–H and O–H groups in total. The van der Waals surface area contributed by atoms with Gasteiger partial charge in [0.2, 0.25) is 0 Å². The summed E-state index contributed by atoms with van der Waals surface area (Å²) in [6.07, 6.45) is -0.822. The third-order valence-electron chi connectivity index (χ3n) is 3.03. The van der Waals surface area contributed by atoms with E-state index in [2.05, 4.69) is 5.32 Å². The number of rotatable bonds is 3. The second-order valence-electron chi connectivity index (χ2n) is 6.56. The average Bonchev–Trinajstić information content (AvgIpc) is 2.24. The molecule has 21 heavy (non-hydrogen) atoms. The third kappa shape index (κ3) is 4.88. The molecule has 0 aliphatic carbocycles. The lowest BCUT2D eigenvalue weighted by Crippen LogP contribution is -2.46. The van der Waals surface area contributed by atoms with Gasteiger partial charge >= 0.3 is 5.97 Å². The molecule has 1 atom stereocenters. The molecule has 0 unspecified atom stereocenters. The van der Waals surface area contributed by atoms with E-state index in [9.17, 15) is 9.59 Å². The first-order valence-corrected chi connectivity index (χ1v) is 7.12. The number of hydrogen-bond acceptors (Lipinski definition) is 3. The maximum absolute atomic E-state index is 12.3. The van der Waals surface area contributed by atoms with Crippen LogP contribution in [0, 0.1) is 20.8 Å². The van der Waals surface area contributed by atoms with E-state index in [1.54, 1.807) is 6.92 Å². The highest BCUT2D eigenvalue weighted by Crippen LogP contribution is 2.18. The van der Waals surface area contributed by atoms with E-state index < -0.39 is 12.1 Å². The summed E-state index contributed by atoms with van der Waals surface area (Å²) in [5.41, 5.74) is 3.01. The van der Waals surface area contributed by atoms with Gasteiger partial charge < -0.3 is 10.1 Å². The Morgan fingerprint density at radius 2 is 1.57 bits per heavy atom. The maximum Gasteiger partial charge on any atom is 0.339 e. The van der Waals surface area contributed by atoms with Crippen molar-refractivity contribution >= 4 is 11.9 Å². The number of carbonyl (C=O) groups excluding carboxylic acids is 2. The van der Waals surface area contributed by atoms with Gasteiger partial charge in [0, 0.05) is 5.54 Å². The number of hydrogen-bond donors (Lipinski definition) is 1. The smallest absolute Gasteiger partial charge is 0.339 e. The molecule has 0 fully saturated rings. The average molecular weight is 291 g/mol. The van der Waals surface area contributed by atoms with Crippen LogP contribution in [0.25, 0.3) is 0 Å². The number of benzene rings is 1. The predicted octanol–water partition coefficient (Wildman–Crippen LogP) is 3.07. The quantitative estimate of drug-likeness (QED) is 0.871. The highest BCUT2D eigenvalue weighted by atomic mass is 16.5. The normalized spacial score (nSPS) is 12.7. The van der Waals surface area contributed by atoms with Crippen LogP contribution in [0.3, 0.4) is 0 Å². The van der Waals surface area contributed by atoms with E-state index in [0.29, 0.717) is 5.56 Å². The minimum atomic E-state index is -0.822. The van der Waals surface area contributed by atoms with E-state index in [1.165, 1.54) is 0 Å². The predicted molar refractivity (Wildman–Crippen MR) is 83.4 cm³/mol. The molecule has 0 heterocycles. The van der Waals surface area contributed by atoms with Crippen LogP contribution in [0.4, 0.5) is 0 Å². The second kappa shape index (κ2) is 6.29. The van der Waals surface area contributed by atoms with Crippen molar-refractivity contribution in [2.45, 2.75) is 60.1 Å². The van der Waals surface area contributed by atoms with Crippen LogP contribution >= 0.6 is 0 Å². The first kappa shape index (κ1) is 17.2. The molecule has 0 saturated heterocycles. The Morgan fingerprint density at radius 3 is 2.00 bits per heavy atom. The van der Waals surface area contributed by atoms with E-state index >= 15 is 0 Å². The SMILES string of the molecule is Cc1cc(C)c(C(=O)O[C@@H](C)C(=O)NC(C)(C)C)c(C)c1. The van der Waals surface area contributed by atoms with Gasteiger partial charge in [0.25, 0.3) is 5.91 Å². The third-order valence-corrected chi connectivity index (χ3v) is 3.03. The minimum Gasteiger partial charge on any atom is -0.449 e. The Labute approximate surface area is 126 Å². The molecule has 4 heteroatoms. The molecule has 1 amide bonds. The van der Waals surface area contributed by atoms with Gasteiger partial charge in [0.05, 0.1) is 5.56 Å². The maximum atomic E-state index is 12.3. The zero-order valence-electron chi connectivity index (χ0n) is 14.0. The van der Waals surface area contributed by atoms with Gasteiger partial charge in [-0.25, -0.2) is 4.79 Å². The Bertz CT molecular complexity index is 533. The van der Waals surface area contributed by atoms with E-state index in [-0.39, 0.29) is 11.4 Å². The van der Waals surface area contributed by atoms with Gasteiger partial charge in [-0.05, 0) is 59.6 Å². The fourth-order valence-corrected chi connectivity index (χ4v) is 2.25. The van der Waals surface area contributed by atoms with Gasteiger partial charge in [0.1, 0.15) is 0 Å². The number of esters is 1. The summed E-state index contributed by atoms with van der Waals surface area (Å²) in [5.74, 6) is -0.750. The van der Waals surface area contributed by atoms with Gasteiger partial charge in [-0.2, -0.15) is 0 Å². The second-order valence-corrected chi connectivity index (χ2v) is 6.56. The Balaban J connectivity index is 2.85. The van der Waals surface area contributed by atoms with Gasteiger partial charge in [0.15, 0.2) is 6.10 Å². The van der Waals surface area contributed by atoms with Crippen LogP contribution in [-0.2, 0) is 9.53 Å². The molecule has 1 aromatic rings. The fourth-order valence-electron chi connectivity index (χ4n) is 2.25. The lowest BCUT2D eigenvalue weighted by molar-refractivity contribution is -0.130. The summed E-state index contributed by atoms with van der Waals surface area (Å²) in [4.78, 5) is 24.2. The Hall–Kier alpha value is -1.84. The van der Waals surface area contributed by atoms with Crippen molar-refractivity contribution in [3.05, 3.63) is 34.4 Å². The fraction of sp³-hybridized carbons (Fsp3) is 0.529. The number of nitrogens with one attached hydrogen (secondary N) is 1. The lowest BCUT2D eigenvalue weighted by atomic mass is 10.00. The summed E-state index contributed by atoms with van der Waals surface area (Å²) in [7, 11) is 0. The van der Waals surface area contributed by atoms with Crippen LogP contribution in [-0.4, -0.2) is 23.5 Å². The molecule has 1 rings (SSSR count). The molecule has 0 aliphatic rings. The lowest BCUT2D eigenvalue weighted by Gasteiger charge is -2.23. The van der Waals surface area contributed by atoms with Crippen molar-refractivity contribution in [3.8, 4) is 0 Å². The Morgan fingerprint density at radius 1 is 1.10 bits per heavy atom. The standard InChI is InChI=1S/C17H25NO3/c1-10-8-11(2)14(12(3)9-10)16(20)21-13(4)15(19)18-17(5,6)7/h8-9,13H,1-7H3,(H,18,19)/t13-/m0/s1. The van der Waals surface area contributed by atoms with Crippen LogP contribution in [0.15, 0.2) is 12.1 Å². The number of amides is 1. The van der Waals surface area contributed by atoms with Gasteiger partial charge in [-0.1, -0.05) is 17.7 Å². The highest BCUT2D eigenvalue weighted by molar-refractivity contribution is 5.95. The number of ether oxygens (including phenoxy) is 1. The molecule has 0 saturated carbocycles. The molecule has 0 bridgehead atoms. The molecule has 116 valence electrons. The summed E-state index contributed by atoms with van der Waals surface area (Å²) in [5, 5.41) is 2.80. The van der Waals surface area contributed by atoms with Crippen molar-refractivity contribution in [2.24, 2.45) is 0 Å². The minimum absolute atomic E-state index is 0.293. The molecular formula is C17H25NO3. The monoisotopic (exact) mass is 291 g/mol. The molecule has 0 spiro atoms. The zero-order valence-corrected chi connectivity index (χ0v) is 14.0. The molecule has 0 aromatic heterocycles. The van der Waals surface area contributed by atoms with Crippen molar-refractivity contribution in [3.63, 3.8) is 0 Å². The molecular weight excluding hydrogens is 266 g/mol. The molecule has 4 nitrogen and oxygen atoms in total. The topological polar surface area (TPSA) is 55.4 Å². The van der Waals surface area contributed by atoms with Crippen molar-refractivity contribution in [2.75, 3.05) is 0 Å². The highest BCUT2D eigenvalue weighted by Gasteiger charge is 2.24. The first-order chi connectivity index (χ1) is 9.51. The molecule has 0 aliphatic heterocycles. The van der Waals surface area contributed by atoms with Crippen molar-refractivity contribution in [1.29, 1.82) is 0 Å². The van der Waals surface area contributed by atoms with Crippen LogP contribution < -0.4 is 5.32 Å². The number of aryl methyl sites for hydroxylation is 3. The van der Waals surface area contributed by atoms with Crippen LogP contribution in [0.2, 0.25) is 0 Å². The Kier molecular flexibility index (Phi) is 5.15.